The van der Waals surface area contributed by atoms with E-state index in [1.807, 2.05) is 19.3 Å². The standard InChI is InChI=1S/C11H16N2O2S/c1-9-4-10(6-12-5-9)7-13-11-2-3-16(14,15)8-11/h4-6,11,13H,2-3,7-8H2,1H3. The Labute approximate surface area is 96.0 Å². The maximum absolute atomic E-state index is 11.3. The molecule has 1 aliphatic heterocycles. The van der Waals surface area contributed by atoms with Crippen molar-refractivity contribution in [1.29, 1.82) is 0 Å². The number of aromatic nitrogens is 1. The topological polar surface area (TPSA) is 59.1 Å². The van der Waals surface area contributed by atoms with Crippen LogP contribution < -0.4 is 5.32 Å². The minimum atomic E-state index is -2.79. The van der Waals surface area contributed by atoms with Crippen molar-refractivity contribution in [3.05, 3.63) is 29.6 Å². The Morgan fingerprint density at radius 3 is 2.94 bits per heavy atom. The molecule has 0 bridgehead atoms. The zero-order chi connectivity index (χ0) is 11.6. The zero-order valence-corrected chi connectivity index (χ0v) is 10.1. The Kier molecular flexibility index (Phi) is 3.25. The van der Waals surface area contributed by atoms with Gasteiger partial charge in [0, 0.05) is 25.0 Å². The molecular weight excluding hydrogens is 224 g/mol. The molecule has 88 valence electrons. The van der Waals surface area contributed by atoms with E-state index in [2.05, 4.69) is 16.4 Å². The van der Waals surface area contributed by atoms with Gasteiger partial charge in [-0.2, -0.15) is 0 Å². The van der Waals surface area contributed by atoms with Crippen molar-refractivity contribution >= 4 is 9.84 Å². The van der Waals surface area contributed by atoms with Gasteiger partial charge in [0.05, 0.1) is 11.5 Å². The monoisotopic (exact) mass is 240 g/mol. The average Bonchev–Trinajstić information content (AvgIpc) is 2.56. The molecule has 0 aliphatic carbocycles. The van der Waals surface area contributed by atoms with Crippen LogP contribution in [0.25, 0.3) is 0 Å². The van der Waals surface area contributed by atoms with E-state index in [0.717, 1.165) is 17.5 Å². The van der Waals surface area contributed by atoms with Gasteiger partial charge in [-0.25, -0.2) is 8.42 Å². The van der Waals surface area contributed by atoms with Crippen LogP contribution in [0, 0.1) is 6.92 Å². The van der Waals surface area contributed by atoms with Crippen LogP contribution in [0.5, 0.6) is 0 Å². The van der Waals surface area contributed by atoms with Crippen LogP contribution in [-0.4, -0.2) is 30.9 Å². The Morgan fingerprint density at radius 2 is 2.31 bits per heavy atom. The molecule has 1 atom stereocenters. The second-order valence-electron chi connectivity index (χ2n) is 4.35. The molecular formula is C11H16N2O2S. The largest absolute Gasteiger partial charge is 0.309 e. The Balaban J connectivity index is 1.89. The van der Waals surface area contributed by atoms with Gasteiger partial charge in [-0.3, -0.25) is 4.98 Å². The number of aryl methyl sites for hydroxylation is 1. The summed E-state index contributed by atoms with van der Waals surface area (Å²) in [4.78, 5) is 4.10. The molecule has 2 heterocycles. The quantitative estimate of drug-likeness (QED) is 0.843. The predicted octanol–water partition coefficient (Wildman–Crippen LogP) is 0.667. The number of pyridine rings is 1. The number of hydrogen-bond acceptors (Lipinski definition) is 4. The highest BCUT2D eigenvalue weighted by molar-refractivity contribution is 7.91. The highest BCUT2D eigenvalue weighted by Crippen LogP contribution is 2.12. The number of hydrogen-bond donors (Lipinski definition) is 1. The van der Waals surface area contributed by atoms with E-state index in [1.165, 1.54) is 0 Å². The summed E-state index contributed by atoms with van der Waals surface area (Å²) >= 11 is 0. The Hall–Kier alpha value is -0.940. The lowest BCUT2D eigenvalue weighted by Gasteiger charge is -2.10. The van der Waals surface area contributed by atoms with Crippen molar-refractivity contribution in [2.24, 2.45) is 0 Å². The molecule has 1 aromatic heterocycles. The van der Waals surface area contributed by atoms with Crippen molar-refractivity contribution in [1.82, 2.24) is 10.3 Å². The van der Waals surface area contributed by atoms with Crippen molar-refractivity contribution in [3.8, 4) is 0 Å². The van der Waals surface area contributed by atoms with Gasteiger partial charge in [0.2, 0.25) is 0 Å². The highest BCUT2D eigenvalue weighted by Gasteiger charge is 2.27. The summed E-state index contributed by atoms with van der Waals surface area (Å²) in [5.74, 6) is 0.586. The molecule has 1 saturated heterocycles. The fourth-order valence-corrected chi connectivity index (χ4v) is 3.64. The van der Waals surface area contributed by atoms with E-state index in [1.54, 1.807) is 0 Å². The molecule has 1 N–H and O–H groups in total. The first-order valence-corrected chi connectivity index (χ1v) is 7.22. The van der Waals surface area contributed by atoms with Crippen LogP contribution in [0.2, 0.25) is 0 Å². The molecule has 0 amide bonds. The first-order valence-electron chi connectivity index (χ1n) is 5.39. The summed E-state index contributed by atoms with van der Waals surface area (Å²) in [5, 5.41) is 3.26. The van der Waals surface area contributed by atoms with Crippen molar-refractivity contribution in [3.63, 3.8) is 0 Å². The minimum Gasteiger partial charge on any atom is -0.309 e. The minimum absolute atomic E-state index is 0.102. The molecule has 1 unspecified atom stereocenters. The van der Waals surface area contributed by atoms with E-state index in [-0.39, 0.29) is 11.8 Å². The second kappa shape index (κ2) is 4.51. The third kappa shape index (κ3) is 3.02. The second-order valence-corrected chi connectivity index (χ2v) is 6.58. The van der Waals surface area contributed by atoms with Crippen molar-refractivity contribution in [2.45, 2.75) is 25.9 Å². The maximum atomic E-state index is 11.3. The molecule has 1 aromatic rings. The van der Waals surface area contributed by atoms with Crippen molar-refractivity contribution < 1.29 is 8.42 Å². The first kappa shape index (κ1) is 11.5. The average molecular weight is 240 g/mol. The van der Waals surface area contributed by atoms with Gasteiger partial charge in [-0.1, -0.05) is 6.07 Å². The fourth-order valence-electron chi connectivity index (χ4n) is 1.93. The highest BCUT2D eigenvalue weighted by atomic mass is 32.2. The van der Waals surface area contributed by atoms with Crippen LogP contribution in [0.4, 0.5) is 0 Å². The summed E-state index contributed by atoms with van der Waals surface area (Å²) in [6.45, 7) is 2.69. The molecule has 4 nitrogen and oxygen atoms in total. The van der Waals surface area contributed by atoms with Gasteiger partial charge in [0.15, 0.2) is 9.84 Å². The molecule has 0 radical (unpaired) electrons. The zero-order valence-electron chi connectivity index (χ0n) is 9.31. The molecule has 2 rings (SSSR count). The van der Waals surface area contributed by atoms with E-state index in [4.69, 9.17) is 0 Å². The molecule has 0 aromatic carbocycles. The Morgan fingerprint density at radius 1 is 1.50 bits per heavy atom. The molecule has 0 saturated carbocycles. The molecule has 0 spiro atoms. The SMILES string of the molecule is Cc1cncc(CNC2CCS(=O)(=O)C2)c1. The van der Waals surface area contributed by atoms with Gasteiger partial charge in [-0.15, -0.1) is 0 Å². The number of rotatable bonds is 3. The van der Waals surface area contributed by atoms with Gasteiger partial charge in [0.25, 0.3) is 0 Å². The molecule has 1 aliphatic rings. The Bertz CT molecular complexity index is 471. The van der Waals surface area contributed by atoms with Crippen LogP contribution in [0.3, 0.4) is 0 Å². The van der Waals surface area contributed by atoms with Gasteiger partial charge in [0.1, 0.15) is 0 Å². The summed E-state index contributed by atoms with van der Waals surface area (Å²) < 4.78 is 22.5. The summed E-state index contributed by atoms with van der Waals surface area (Å²) in [6.07, 6.45) is 4.34. The van der Waals surface area contributed by atoms with E-state index in [0.29, 0.717) is 12.3 Å². The molecule has 1 fully saturated rings. The first-order chi connectivity index (χ1) is 7.55. The lowest BCUT2D eigenvalue weighted by Crippen LogP contribution is -2.29. The summed E-state index contributed by atoms with van der Waals surface area (Å²) in [7, 11) is -2.79. The fraction of sp³-hybridized carbons (Fsp3) is 0.545. The molecule has 16 heavy (non-hydrogen) atoms. The lowest BCUT2D eigenvalue weighted by molar-refractivity contribution is 0.553. The van der Waals surface area contributed by atoms with Crippen LogP contribution in [0.1, 0.15) is 17.5 Å². The van der Waals surface area contributed by atoms with Gasteiger partial charge >= 0.3 is 0 Å². The van der Waals surface area contributed by atoms with Crippen LogP contribution in [-0.2, 0) is 16.4 Å². The third-order valence-electron chi connectivity index (χ3n) is 2.76. The van der Waals surface area contributed by atoms with Crippen molar-refractivity contribution in [2.75, 3.05) is 11.5 Å². The molecule has 5 heteroatoms. The third-order valence-corrected chi connectivity index (χ3v) is 4.53. The van der Waals surface area contributed by atoms with Crippen LogP contribution in [0.15, 0.2) is 18.5 Å². The number of nitrogens with one attached hydrogen (secondary N) is 1. The van der Waals surface area contributed by atoms with E-state index in [9.17, 15) is 8.42 Å². The van der Waals surface area contributed by atoms with Gasteiger partial charge in [-0.05, 0) is 24.5 Å². The van der Waals surface area contributed by atoms with Gasteiger partial charge < -0.3 is 5.32 Å². The normalized spacial score (nSPS) is 23.4. The number of nitrogens with zero attached hydrogens (tertiary/aromatic N) is 1. The number of sulfone groups is 1. The maximum Gasteiger partial charge on any atom is 0.151 e. The summed E-state index contributed by atoms with van der Waals surface area (Å²) in [5.41, 5.74) is 2.22. The van der Waals surface area contributed by atoms with E-state index >= 15 is 0 Å². The predicted molar refractivity (Wildman–Crippen MR) is 62.9 cm³/mol. The smallest absolute Gasteiger partial charge is 0.151 e. The summed E-state index contributed by atoms with van der Waals surface area (Å²) in [6, 6.07) is 2.16. The van der Waals surface area contributed by atoms with E-state index < -0.39 is 9.84 Å². The van der Waals surface area contributed by atoms with Crippen LogP contribution >= 0.6 is 0 Å². The lowest BCUT2D eigenvalue weighted by atomic mass is 10.2.